The van der Waals surface area contributed by atoms with Gasteiger partial charge in [-0.05, 0) is 37.5 Å². The molecule has 5 nitrogen and oxygen atoms in total. The van der Waals surface area contributed by atoms with Crippen LogP contribution in [0.5, 0.6) is 0 Å². The largest absolute Gasteiger partial charge is 0.334 e. The summed E-state index contributed by atoms with van der Waals surface area (Å²) < 4.78 is 0. The molecule has 2 aromatic carbocycles. The van der Waals surface area contributed by atoms with Crippen molar-refractivity contribution in [2.45, 2.75) is 31.2 Å². The highest BCUT2D eigenvalue weighted by atomic mass is 32.2. The molecule has 2 aromatic rings. The first-order valence-corrected chi connectivity index (χ1v) is 11.2. The molecule has 2 aliphatic heterocycles. The molecule has 0 aliphatic carbocycles. The van der Waals surface area contributed by atoms with Crippen LogP contribution in [0, 0.1) is 6.92 Å². The number of amides is 3. The fourth-order valence-corrected chi connectivity index (χ4v) is 5.56. The van der Waals surface area contributed by atoms with Crippen LogP contribution < -0.4 is 5.32 Å². The Balaban J connectivity index is 1.36. The predicted octanol–water partition coefficient (Wildman–Crippen LogP) is 3.89. The first kappa shape index (κ1) is 19.8. The lowest BCUT2D eigenvalue weighted by molar-refractivity contribution is 0.0581. The summed E-state index contributed by atoms with van der Waals surface area (Å²) >= 11 is 1.87. The average Bonchev–Trinajstić information content (AvgIpc) is 3.16. The molecular weight excluding hydrogens is 382 g/mol. The molecule has 2 heterocycles. The summed E-state index contributed by atoms with van der Waals surface area (Å²) in [6.45, 7) is 4.68. The van der Waals surface area contributed by atoms with Crippen molar-refractivity contribution >= 4 is 23.7 Å². The van der Waals surface area contributed by atoms with Crippen molar-refractivity contribution in [3.8, 4) is 0 Å². The number of carbonyl (C=O) groups excluding carboxylic acids is 2. The third-order valence-corrected chi connectivity index (χ3v) is 7.39. The van der Waals surface area contributed by atoms with Gasteiger partial charge in [-0.15, -0.1) is 11.8 Å². The van der Waals surface area contributed by atoms with Gasteiger partial charge in [0, 0.05) is 37.5 Å². The number of hydrogen-bond donors (Lipinski definition) is 1. The van der Waals surface area contributed by atoms with Crippen molar-refractivity contribution in [1.29, 1.82) is 0 Å². The minimum Gasteiger partial charge on any atom is -0.334 e. The van der Waals surface area contributed by atoms with Gasteiger partial charge < -0.3 is 15.1 Å². The number of rotatable bonds is 3. The second-order valence-electron chi connectivity index (χ2n) is 7.75. The van der Waals surface area contributed by atoms with Crippen LogP contribution in [0.3, 0.4) is 0 Å². The molecule has 29 heavy (non-hydrogen) atoms. The van der Waals surface area contributed by atoms with Crippen LogP contribution in [0.25, 0.3) is 0 Å². The lowest BCUT2D eigenvalue weighted by Crippen LogP contribution is -2.55. The van der Waals surface area contributed by atoms with Crippen LogP contribution in [-0.4, -0.2) is 52.0 Å². The maximum Gasteiger partial charge on any atom is 0.317 e. The fourth-order valence-electron chi connectivity index (χ4n) is 4.11. The van der Waals surface area contributed by atoms with E-state index in [1.54, 1.807) is 0 Å². The second kappa shape index (κ2) is 8.49. The zero-order valence-electron chi connectivity index (χ0n) is 16.8. The van der Waals surface area contributed by atoms with Crippen molar-refractivity contribution in [3.05, 3.63) is 71.3 Å². The molecule has 2 saturated heterocycles. The number of urea groups is 1. The minimum absolute atomic E-state index is 0.0249. The third kappa shape index (κ3) is 4.27. The molecule has 0 unspecified atom stereocenters. The maximum absolute atomic E-state index is 13.1. The van der Waals surface area contributed by atoms with E-state index in [2.05, 4.69) is 5.32 Å². The van der Waals surface area contributed by atoms with E-state index in [4.69, 9.17) is 0 Å². The molecule has 0 atom stereocenters. The number of benzene rings is 2. The van der Waals surface area contributed by atoms with Crippen LogP contribution in [0.15, 0.2) is 54.6 Å². The van der Waals surface area contributed by atoms with E-state index in [-0.39, 0.29) is 16.8 Å². The van der Waals surface area contributed by atoms with Gasteiger partial charge in [0.2, 0.25) is 0 Å². The summed E-state index contributed by atoms with van der Waals surface area (Å²) in [4.78, 5) is 29.4. The number of likely N-dealkylation sites (tertiary alicyclic amines) is 1. The van der Waals surface area contributed by atoms with Crippen molar-refractivity contribution in [2.24, 2.45) is 0 Å². The average molecular weight is 410 g/mol. The van der Waals surface area contributed by atoms with Gasteiger partial charge in [-0.3, -0.25) is 4.79 Å². The molecule has 0 saturated carbocycles. The third-order valence-electron chi connectivity index (χ3n) is 5.84. The molecule has 1 N–H and O–H groups in total. The van der Waals surface area contributed by atoms with E-state index in [1.807, 2.05) is 83.1 Å². The molecule has 0 bridgehead atoms. The summed E-state index contributed by atoms with van der Waals surface area (Å²) in [5.74, 6) is 1.06. The lowest BCUT2D eigenvalue weighted by atomic mass is 10.0. The number of aryl methyl sites for hydroxylation is 1. The highest BCUT2D eigenvalue weighted by Gasteiger charge is 2.47. The molecule has 4 rings (SSSR count). The summed E-state index contributed by atoms with van der Waals surface area (Å²) in [5, 5.41) is 3.01. The number of hydrogen-bond acceptors (Lipinski definition) is 3. The van der Waals surface area contributed by atoms with Crippen LogP contribution in [0.4, 0.5) is 4.79 Å². The van der Waals surface area contributed by atoms with Crippen LogP contribution in [0.2, 0.25) is 0 Å². The highest BCUT2D eigenvalue weighted by Crippen LogP contribution is 2.44. The molecule has 2 fully saturated rings. The number of thioether (sulfide) groups is 1. The van der Waals surface area contributed by atoms with E-state index in [0.29, 0.717) is 19.6 Å². The van der Waals surface area contributed by atoms with E-state index < -0.39 is 0 Å². The topological polar surface area (TPSA) is 52.7 Å². The lowest BCUT2D eigenvalue weighted by Gasteiger charge is -2.44. The second-order valence-corrected chi connectivity index (χ2v) is 9.21. The Bertz CT molecular complexity index is 861. The predicted molar refractivity (Wildman–Crippen MR) is 117 cm³/mol. The number of carbonyl (C=O) groups is 2. The van der Waals surface area contributed by atoms with Gasteiger partial charge in [0.25, 0.3) is 5.91 Å². The van der Waals surface area contributed by atoms with E-state index >= 15 is 0 Å². The first-order valence-electron chi connectivity index (χ1n) is 10.2. The molecule has 3 amide bonds. The van der Waals surface area contributed by atoms with Crippen molar-refractivity contribution in [3.63, 3.8) is 0 Å². The zero-order valence-corrected chi connectivity index (χ0v) is 17.6. The molecule has 1 spiro atoms. The van der Waals surface area contributed by atoms with Gasteiger partial charge in [-0.25, -0.2) is 4.79 Å². The molecule has 6 heteroatoms. The Morgan fingerprint density at radius 2 is 1.69 bits per heavy atom. The van der Waals surface area contributed by atoms with E-state index in [1.165, 1.54) is 0 Å². The van der Waals surface area contributed by atoms with E-state index in [9.17, 15) is 9.59 Å². The molecular formula is C23H27N3O2S. The molecule has 0 aromatic heterocycles. The molecule has 0 radical (unpaired) electrons. The summed E-state index contributed by atoms with van der Waals surface area (Å²) in [7, 11) is 0. The fraction of sp³-hybridized carbons (Fsp3) is 0.391. The van der Waals surface area contributed by atoms with Crippen LogP contribution in [-0.2, 0) is 6.54 Å². The Morgan fingerprint density at radius 1 is 1.00 bits per heavy atom. The first-order chi connectivity index (χ1) is 14.1. The normalized spacial score (nSPS) is 18.1. The van der Waals surface area contributed by atoms with Crippen molar-refractivity contribution in [2.75, 3.05) is 25.4 Å². The zero-order chi connectivity index (χ0) is 20.3. The van der Waals surface area contributed by atoms with Gasteiger partial charge >= 0.3 is 6.03 Å². The maximum atomic E-state index is 13.1. The number of nitrogens with zero attached hydrogens (tertiary/aromatic N) is 2. The Labute approximate surface area is 176 Å². The van der Waals surface area contributed by atoms with Gasteiger partial charge in [0.15, 0.2) is 0 Å². The van der Waals surface area contributed by atoms with Crippen LogP contribution in [0.1, 0.15) is 34.3 Å². The summed E-state index contributed by atoms with van der Waals surface area (Å²) in [6, 6.07) is 17.7. The van der Waals surface area contributed by atoms with Gasteiger partial charge in [0.1, 0.15) is 0 Å². The number of piperidine rings is 1. The Kier molecular flexibility index (Phi) is 5.81. The van der Waals surface area contributed by atoms with Gasteiger partial charge in [-0.1, -0.05) is 48.0 Å². The molecule has 152 valence electrons. The van der Waals surface area contributed by atoms with Crippen molar-refractivity contribution in [1.82, 2.24) is 15.1 Å². The number of nitrogens with one attached hydrogen (secondary N) is 1. The Morgan fingerprint density at radius 3 is 2.38 bits per heavy atom. The molecule has 2 aliphatic rings. The standard InChI is InChI=1S/C23H27N3O2S/c1-18-7-9-20(10-8-18)21(27)26-15-16-29-23(26)11-13-25(14-12-23)22(28)24-17-19-5-3-2-4-6-19/h2-10H,11-17H2,1H3,(H,24,28). The minimum atomic E-state index is -0.182. The monoisotopic (exact) mass is 409 g/mol. The summed E-state index contributed by atoms with van der Waals surface area (Å²) in [6.07, 6.45) is 1.63. The quantitative estimate of drug-likeness (QED) is 0.837. The Hall–Kier alpha value is -2.47. The van der Waals surface area contributed by atoms with Crippen LogP contribution >= 0.6 is 11.8 Å². The SMILES string of the molecule is Cc1ccc(C(=O)N2CCSC23CCN(C(=O)NCc2ccccc2)CC3)cc1. The van der Waals surface area contributed by atoms with Crippen molar-refractivity contribution < 1.29 is 9.59 Å². The smallest absolute Gasteiger partial charge is 0.317 e. The highest BCUT2D eigenvalue weighted by molar-refractivity contribution is 8.00. The summed E-state index contributed by atoms with van der Waals surface area (Å²) in [5.41, 5.74) is 3.00. The van der Waals surface area contributed by atoms with Gasteiger partial charge in [-0.2, -0.15) is 0 Å². The van der Waals surface area contributed by atoms with E-state index in [0.717, 1.165) is 41.8 Å². The van der Waals surface area contributed by atoms with Gasteiger partial charge in [0.05, 0.1) is 4.87 Å².